The average molecular weight is 328 g/mol. The Bertz CT molecular complexity index is 453. The van der Waals surface area contributed by atoms with Crippen LogP contribution in [0, 0.1) is 5.92 Å². The van der Waals surface area contributed by atoms with Crippen molar-refractivity contribution in [2.75, 3.05) is 33.3 Å². The molecule has 22 heavy (non-hydrogen) atoms. The van der Waals surface area contributed by atoms with Crippen molar-refractivity contribution in [1.82, 2.24) is 10.2 Å². The highest BCUT2D eigenvalue weighted by Crippen LogP contribution is 2.20. The van der Waals surface area contributed by atoms with Crippen LogP contribution in [-0.4, -0.2) is 44.1 Å². The number of methoxy groups -OCH3 is 1. The molecule has 124 valence electrons. The summed E-state index contributed by atoms with van der Waals surface area (Å²) in [6.45, 7) is 3.81. The Hall–Kier alpha value is -1.30. The number of ether oxygens (including phenoxy) is 1. The van der Waals surface area contributed by atoms with Crippen molar-refractivity contribution in [2.24, 2.45) is 11.7 Å². The summed E-state index contributed by atoms with van der Waals surface area (Å²) >= 11 is 0. The molecule has 0 radical (unpaired) electrons. The van der Waals surface area contributed by atoms with E-state index in [0.29, 0.717) is 13.1 Å². The molecule has 1 aliphatic heterocycles. The predicted octanol–water partition coefficient (Wildman–Crippen LogP) is 1.40. The Labute approximate surface area is 138 Å². The second-order valence-electron chi connectivity index (χ2n) is 5.50. The maximum atomic E-state index is 12.0. The number of benzene rings is 1. The minimum absolute atomic E-state index is 0. The standard InChI is InChI=1S/C16H25N3O2.ClH/c1-21-15-6-4-13(5-7-15)11-19-10-2-3-14(12-19)16(20)18-9-8-17;/h4-7,14H,2-3,8-12,17H2,1H3,(H,18,20);1H. The summed E-state index contributed by atoms with van der Waals surface area (Å²) < 4.78 is 5.17. The van der Waals surface area contributed by atoms with Gasteiger partial charge in [0.1, 0.15) is 5.75 Å². The van der Waals surface area contributed by atoms with Gasteiger partial charge in [-0.1, -0.05) is 12.1 Å². The predicted molar refractivity (Wildman–Crippen MR) is 90.3 cm³/mol. The van der Waals surface area contributed by atoms with Crippen molar-refractivity contribution in [2.45, 2.75) is 19.4 Å². The third-order valence-electron chi connectivity index (χ3n) is 3.89. The van der Waals surface area contributed by atoms with Gasteiger partial charge >= 0.3 is 0 Å². The number of hydrogen-bond donors (Lipinski definition) is 2. The first kappa shape index (κ1) is 18.7. The zero-order valence-electron chi connectivity index (χ0n) is 13.1. The molecule has 3 N–H and O–H groups in total. The molecule has 1 amide bonds. The number of rotatable bonds is 6. The quantitative estimate of drug-likeness (QED) is 0.829. The second-order valence-corrected chi connectivity index (χ2v) is 5.50. The number of hydrogen-bond acceptors (Lipinski definition) is 4. The van der Waals surface area contributed by atoms with Crippen LogP contribution in [0.3, 0.4) is 0 Å². The topological polar surface area (TPSA) is 67.6 Å². The van der Waals surface area contributed by atoms with E-state index in [1.54, 1.807) is 7.11 Å². The van der Waals surface area contributed by atoms with Gasteiger partial charge in [0.15, 0.2) is 0 Å². The van der Waals surface area contributed by atoms with Crippen LogP contribution in [0.15, 0.2) is 24.3 Å². The Morgan fingerprint density at radius 2 is 2.14 bits per heavy atom. The van der Waals surface area contributed by atoms with Crippen LogP contribution in [0.1, 0.15) is 18.4 Å². The molecule has 1 fully saturated rings. The smallest absolute Gasteiger partial charge is 0.224 e. The van der Waals surface area contributed by atoms with E-state index in [1.807, 2.05) is 12.1 Å². The molecule has 1 heterocycles. The number of carbonyl (C=O) groups is 1. The maximum absolute atomic E-state index is 12.0. The van der Waals surface area contributed by atoms with E-state index in [2.05, 4.69) is 22.3 Å². The first-order valence-corrected chi connectivity index (χ1v) is 7.56. The Morgan fingerprint density at radius 3 is 2.77 bits per heavy atom. The maximum Gasteiger partial charge on any atom is 0.224 e. The molecule has 6 heteroatoms. The normalized spacial score (nSPS) is 18.4. The summed E-state index contributed by atoms with van der Waals surface area (Å²) in [5, 5.41) is 2.89. The monoisotopic (exact) mass is 327 g/mol. The number of nitrogens with two attached hydrogens (primary N) is 1. The van der Waals surface area contributed by atoms with Gasteiger partial charge in [-0.25, -0.2) is 0 Å². The van der Waals surface area contributed by atoms with Crippen molar-refractivity contribution in [3.8, 4) is 5.75 Å². The largest absolute Gasteiger partial charge is 0.497 e. The Balaban J connectivity index is 0.00000242. The molecule has 1 aromatic carbocycles. The first-order valence-electron chi connectivity index (χ1n) is 7.56. The molecule has 0 aromatic heterocycles. The summed E-state index contributed by atoms with van der Waals surface area (Å²) in [5.41, 5.74) is 6.67. The van der Waals surface area contributed by atoms with E-state index in [4.69, 9.17) is 10.5 Å². The number of carbonyl (C=O) groups excluding carboxylic acids is 1. The third-order valence-corrected chi connectivity index (χ3v) is 3.89. The fraction of sp³-hybridized carbons (Fsp3) is 0.562. The molecular formula is C16H26ClN3O2. The van der Waals surface area contributed by atoms with E-state index < -0.39 is 0 Å². The molecule has 2 rings (SSSR count). The number of amides is 1. The van der Waals surface area contributed by atoms with Gasteiger partial charge < -0.3 is 15.8 Å². The molecule has 0 spiro atoms. The number of likely N-dealkylation sites (tertiary alicyclic amines) is 1. The summed E-state index contributed by atoms with van der Waals surface area (Å²) in [7, 11) is 1.67. The molecule has 0 saturated carbocycles. The number of halogens is 1. The highest BCUT2D eigenvalue weighted by Gasteiger charge is 2.25. The van der Waals surface area contributed by atoms with Crippen molar-refractivity contribution in [3.05, 3.63) is 29.8 Å². The van der Waals surface area contributed by atoms with Gasteiger partial charge in [-0.05, 0) is 37.1 Å². The molecule has 0 aliphatic carbocycles. The van der Waals surface area contributed by atoms with Gasteiger partial charge in [0.25, 0.3) is 0 Å². The SMILES string of the molecule is COc1ccc(CN2CCCC(C(=O)NCCN)C2)cc1.Cl. The minimum atomic E-state index is 0. The van der Waals surface area contributed by atoms with Gasteiger partial charge in [0.05, 0.1) is 13.0 Å². The molecule has 0 bridgehead atoms. The molecule has 1 aliphatic rings. The van der Waals surface area contributed by atoms with E-state index in [0.717, 1.165) is 38.2 Å². The summed E-state index contributed by atoms with van der Waals surface area (Å²) in [5.74, 6) is 1.10. The van der Waals surface area contributed by atoms with Gasteiger partial charge in [0.2, 0.25) is 5.91 Å². The van der Waals surface area contributed by atoms with Crippen LogP contribution >= 0.6 is 12.4 Å². The van der Waals surface area contributed by atoms with Crippen molar-refractivity contribution >= 4 is 18.3 Å². The molecule has 1 aromatic rings. The Morgan fingerprint density at radius 1 is 1.41 bits per heavy atom. The lowest BCUT2D eigenvalue weighted by atomic mass is 9.96. The van der Waals surface area contributed by atoms with E-state index in [-0.39, 0.29) is 24.2 Å². The van der Waals surface area contributed by atoms with Crippen LogP contribution < -0.4 is 15.8 Å². The number of piperidine rings is 1. The number of nitrogens with zero attached hydrogens (tertiary/aromatic N) is 1. The van der Waals surface area contributed by atoms with Crippen LogP contribution in [-0.2, 0) is 11.3 Å². The van der Waals surface area contributed by atoms with Crippen LogP contribution in [0.25, 0.3) is 0 Å². The van der Waals surface area contributed by atoms with Crippen molar-refractivity contribution in [3.63, 3.8) is 0 Å². The first-order chi connectivity index (χ1) is 10.2. The minimum Gasteiger partial charge on any atom is -0.497 e. The Kier molecular flexibility index (Phi) is 8.24. The third kappa shape index (κ3) is 5.48. The zero-order chi connectivity index (χ0) is 15.1. The van der Waals surface area contributed by atoms with Crippen molar-refractivity contribution < 1.29 is 9.53 Å². The molecular weight excluding hydrogens is 302 g/mol. The van der Waals surface area contributed by atoms with E-state index >= 15 is 0 Å². The van der Waals surface area contributed by atoms with Crippen LogP contribution in [0.5, 0.6) is 5.75 Å². The molecule has 5 nitrogen and oxygen atoms in total. The number of nitrogens with one attached hydrogen (secondary N) is 1. The van der Waals surface area contributed by atoms with Crippen LogP contribution in [0.2, 0.25) is 0 Å². The molecule has 1 unspecified atom stereocenters. The molecule has 1 atom stereocenters. The highest BCUT2D eigenvalue weighted by molar-refractivity contribution is 5.85. The summed E-state index contributed by atoms with van der Waals surface area (Å²) in [4.78, 5) is 14.4. The van der Waals surface area contributed by atoms with E-state index in [9.17, 15) is 4.79 Å². The van der Waals surface area contributed by atoms with Gasteiger partial charge in [-0.15, -0.1) is 12.4 Å². The van der Waals surface area contributed by atoms with Gasteiger partial charge in [-0.3, -0.25) is 9.69 Å². The average Bonchev–Trinajstić information content (AvgIpc) is 2.53. The fourth-order valence-electron chi connectivity index (χ4n) is 2.74. The van der Waals surface area contributed by atoms with E-state index in [1.165, 1.54) is 5.56 Å². The lowest BCUT2D eigenvalue weighted by Gasteiger charge is -2.32. The summed E-state index contributed by atoms with van der Waals surface area (Å²) in [6.07, 6.45) is 2.03. The zero-order valence-corrected chi connectivity index (χ0v) is 13.9. The van der Waals surface area contributed by atoms with Gasteiger partial charge in [0, 0.05) is 26.2 Å². The van der Waals surface area contributed by atoms with Gasteiger partial charge in [-0.2, -0.15) is 0 Å². The van der Waals surface area contributed by atoms with Crippen molar-refractivity contribution in [1.29, 1.82) is 0 Å². The lowest BCUT2D eigenvalue weighted by molar-refractivity contribution is -0.126. The lowest BCUT2D eigenvalue weighted by Crippen LogP contribution is -2.43. The summed E-state index contributed by atoms with van der Waals surface area (Å²) in [6, 6.07) is 8.11. The highest BCUT2D eigenvalue weighted by atomic mass is 35.5. The fourth-order valence-corrected chi connectivity index (χ4v) is 2.74. The van der Waals surface area contributed by atoms with Crippen LogP contribution in [0.4, 0.5) is 0 Å². The second kappa shape index (κ2) is 9.66. The molecule has 1 saturated heterocycles.